The van der Waals surface area contributed by atoms with Gasteiger partial charge in [-0.1, -0.05) is 72.3 Å². The maximum absolute atomic E-state index is 6.65. The van der Waals surface area contributed by atoms with Gasteiger partial charge in [-0.15, -0.1) is 0 Å². The minimum absolute atomic E-state index is 0.648. The molecule has 0 unspecified atom stereocenters. The maximum Gasteiger partial charge on any atom is 0.124 e. The van der Waals surface area contributed by atoms with Crippen molar-refractivity contribution < 1.29 is 0 Å². The van der Waals surface area contributed by atoms with Crippen LogP contribution in [0.5, 0.6) is 0 Å². The van der Waals surface area contributed by atoms with Gasteiger partial charge in [-0.3, -0.25) is 4.98 Å². The summed E-state index contributed by atoms with van der Waals surface area (Å²) < 4.78 is 2.08. The van der Waals surface area contributed by atoms with E-state index in [1.54, 1.807) is 12.4 Å². The van der Waals surface area contributed by atoms with Crippen LogP contribution in [0, 0.1) is 0 Å². The van der Waals surface area contributed by atoms with E-state index in [2.05, 4.69) is 38.8 Å². The van der Waals surface area contributed by atoms with E-state index < -0.39 is 5.54 Å². The van der Waals surface area contributed by atoms with Gasteiger partial charge in [-0.2, -0.15) is 0 Å². The lowest BCUT2D eigenvalue weighted by molar-refractivity contribution is 0.513. The molecule has 0 saturated heterocycles. The number of imidazole rings is 1. The molecule has 0 bridgehead atoms. The predicted octanol–water partition coefficient (Wildman–Crippen LogP) is 4.77. The third-order valence-corrected chi connectivity index (χ3v) is 4.76. The number of hydrogen-bond donors (Lipinski definition) is 0. The van der Waals surface area contributed by atoms with Crippen molar-refractivity contribution in [2.45, 2.75) is 5.54 Å². The van der Waals surface area contributed by atoms with Gasteiger partial charge in [0.2, 0.25) is 0 Å². The van der Waals surface area contributed by atoms with Crippen molar-refractivity contribution in [3.05, 3.63) is 120 Å². The molecule has 4 aromatic rings. The van der Waals surface area contributed by atoms with Gasteiger partial charge < -0.3 is 4.57 Å². The van der Waals surface area contributed by atoms with Crippen molar-refractivity contribution in [1.82, 2.24) is 14.5 Å². The summed E-state index contributed by atoms with van der Waals surface area (Å²) in [5.74, 6) is 0. The lowest BCUT2D eigenvalue weighted by Gasteiger charge is -2.37. The zero-order valence-corrected chi connectivity index (χ0v) is 14.2. The van der Waals surface area contributed by atoms with Gasteiger partial charge in [0.1, 0.15) is 5.54 Å². The average molecular weight is 346 g/mol. The van der Waals surface area contributed by atoms with Crippen molar-refractivity contribution >= 4 is 11.6 Å². The molecule has 2 aromatic carbocycles. The largest absolute Gasteiger partial charge is 0.319 e. The summed E-state index contributed by atoms with van der Waals surface area (Å²) in [6.07, 6.45) is 9.11. The van der Waals surface area contributed by atoms with Crippen LogP contribution in [0.3, 0.4) is 0 Å². The van der Waals surface area contributed by atoms with E-state index in [0.29, 0.717) is 5.02 Å². The molecular weight excluding hydrogens is 330 g/mol. The number of pyridine rings is 1. The van der Waals surface area contributed by atoms with Gasteiger partial charge >= 0.3 is 0 Å². The van der Waals surface area contributed by atoms with Crippen LogP contribution in [-0.4, -0.2) is 14.5 Å². The van der Waals surface area contributed by atoms with Crippen molar-refractivity contribution in [3.8, 4) is 0 Å². The molecule has 2 heterocycles. The lowest BCUT2D eigenvalue weighted by atomic mass is 9.77. The molecular formula is C21H16ClN3. The van der Waals surface area contributed by atoms with E-state index in [1.807, 2.05) is 61.2 Å². The summed E-state index contributed by atoms with van der Waals surface area (Å²) in [7, 11) is 0. The molecule has 0 fully saturated rings. The molecule has 0 amide bonds. The lowest BCUT2D eigenvalue weighted by Crippen LogP contribution is -2.37. The molecule has 0 radical (unpaired) electrons. The highest BCUT2D eigenvalue weighted by atomic mass is 35.5. The van der Waals surface area contributed by atoms with Crippen LogP contribution >= 0.6 is 11.6 Å². The van der Waals surface area contributed by atoms with Gasteiger partial charge in [0.15, 0.2) is 0 Å². The Labute approximate surface area is 151 Å². The first-order valence-electron chi connectivity index (χ1n) is 8.03. The molecule has 4 heteroatoms. The van der Waals surface area contributed by atoms with Gasteiger partial charge in [-0.05, 0) is 17.2 Å². The fourth-order valence-corrected chi connectivity index (χ4v) is 3.62. The zero-order chi connectivity index (χ0) is 17.1. The van der Waals surface area contributed by atoms with Crippen molar-refractivity contribution in [2.24, 2.45) is 0 Å². The van der Waals surface area contributed by atoms with Crippen LogP contribution < -0.4 is 0 Å². The minimum atomic E-state index is -0.648. The number of hydrogen-bond acceptors (Lipinski definition) is 2. The average Bonchev–Trinajstić information content (AvgIpc) is 3.21. The highest BCUT2D eigenvalue weighted by Gasteiger charge is 2.39. The first-order chi connectivity index (χ1) is 12.3. The molecule has 0 aliphatic heterocycles. The second-order valence-corrected chi connectivity index (χ2v) is 6.18. The number of halogens is 1. The third kappa shape index (κ3) is 2.53. The topological polar surface area (TPSA) is 30.7 Å². The molecule has 0 spiro atoms. The first kappa shape index (κ1) is 15.6. The molecule has 0 aliphatic rings. The number of benzene rings is 2. The molecule has 122 valence electrons. The molecule has 25 heavy (non-hydrogen) atoms. The summed E-state index contributed by atoms with van der Waals surface area (Å²) in [4.78, 5) is 8.65. The fraction of sp³-hybridized carbons (Fsp3) is 0.0476. The minimum Gasteiger partial charge on any atom is -0.319 e. The zero-order valence-electron chi connectivity index (χ0n) is 13.5. The molecule has 0 atom stereocenters. The summed E-state index contributed by atoms with van der Waals surface area (Å²) in [6.45, 7) is 0. The Morgan fingerprint density at radius 1 is 0.760 bits per heavy atom. The second kappa shape index (κ2) is 6.54. The molecule has 0 aliphatic carbocycles. The maximum atomic E-state index is 6.65. The van der Waals surface area contributed by atoms with E-state index >= 15 is 0 Å². The van der Waals surface area contributed by atoms with Crippen LogP contribution in [0.2, 0.25) is 5.02 Å². The Kier molecular flexibility index (Phi) is 4.08. The number of nitrogens with zero attached hydrogens (tertiary/aromatic N) is 3. The Bertz CT molecular complexity index is 911. The highest BCUT2D eigenvalue weighted by Crippen LogP contribution is 2.42. The monoisotopic (exact) mass is 345 g/mol. The first-order valence-corrected chi connectivity index (χ1v) is 8.41. The van der Waals surface area contributed by atoms with Gasteiger partial charge in [0.05, 0.1) is 6.33 Å². The van der Waals surface area contributed by atoms with E-state index in [9.17, 15) is 0 Å². The molecule has 2 aromatic heterocycles. The summed E-state index contributed by atoms with van der Waals surface area (Å²) >= 11 is 6.65. The standard InChI is InChI=1S/C21H16ClN3/c22-20-11-12-23-15-19(20)21(25-14-13-24-16-25,17-7-3-1-4-8-17)18-9-5-2-6-10-18/h1-16H. The van der Waals surface area contributed by atoms with Gasteiger partial charge in [0.25, 0.3) is 0 Å². The van der Waals surface area contributed by atoms with E-state index in [1.165, 1.54) is 0 Å². The van der Waals surface area contributed by atoms with Crippen LogP contribution in [0.15, 0.2) is 97.8 Å². The number of aromatic nitrogens is 3. The van der Waals surface area contributed by atoms with E-state index in [0.717, 1.165) is 16.7 Å². The Hall–Kier alpha value is -2.91. The fourth-order valence-electron chi connectivity index (χ4n) is 3.37. The predicted molar refractivity (Wildman–Crippen MR) is 99.6 cm³/mol. The Balaban J connectivity index is 2.15. The second-order valence-electron chi connectivity index (χ2n) is 5.77. The SMILES string of the molecule is Clc1ccncc1C(c1ccccc1)(c1ccccc1)n1ccnc1. The Morgan fingerprint density at radius 3 is 1.92 bits per heavy atom. The quantitative estimate of drug-likeness (QED) is 0.533. The van der Waals surface area contributed by atoms with E-state index in [-0.39, 0.29) is 0 Å². The number of rotatable bonds is 4. The van der Waals surface area contributed by atoms with E-state index in [4.69, 9.17) is 11.6 Å². The van der Waals surface area contributed by atoms with Crippen molar-refractivity contribution in [3.63, 3.8) is 0 Å². The van der Waals surface area contributed by atoms with Crippen LogP contribution in [0.25, 0.3) is 0 Å². The molecule has 0 N–H and O–H groups in total. The summed E-state index contributed by atoms with van der Waals surface area (Å²) in [6, 6.07) is 22.4. The van der Waals surface area contributed by atoms with Crippen LogP contribution in [-0.2, 0) is 5.54 Å². The molecule has 3 nitrogen and oxygen atoms in total. The van der Waals surface area contributed by atoms with Crippen molar-refractivity contribution in [2.75, 3.05) is 0 Å². The van der Waals surface area contributed by atoms with Crippen molar-refractivity contribution in [1.29, 1.82) is 0 Å². The normalized spacial score (nSPS) is 11.4. The summed E-state index contributed by atoms with van der Waals surface area (Å²) in [5.41, 5.74) is 2.44. The van der Waals surface area contributed by atoms with Crippen LogP contribution in [0.1, 0.15) is 16.7 Å². The Morgan fingerprint density at radius 2 is 1.40 bits per heavy atom. The molecule has 4 rings (SSSR count). The van der Waals surface area contributed by atoms with Crippen LogP contribution in [0.4, 0.5) is 0 Å². The van der Waals surface area contributed by atoms with Gasteiger partial charge in [-0.25, -0.2) is 4.98 Å². The van der Waals surface area contributed by atoms with Gasteiger partial charge in [0, 0.05) is 35.4 Å². The summed E-state index contributed by atoms with van der Waals surface area (Å²) in [5, 5.41) is 0.663. The smallest absolute Gasteiger partial charge is 0.124 e. The third-order valence-electron chi connectivity index (χ3n) is 4.43. The molecule has 0 saturated carbocycles. The highest BCUT2D eigenvalue weighted by molar-refractivity contribution is 6.31.